The van der Waals surface area contributed by atoms with Crippen molar-refractivity contribution in [2.75, 3.05) is 13.2 Å². The Bertz CT molecular complexity index is 244. The summed E-state index contributed by atoms with van der Waals surface area (Å²) in [5.41, 5.74) is 0.125. The van der Waals surface area contributed by atoms with Crippen LogP contribution >= 0.6 is 0 Å². The minimum atomic E-state index is 0.125. The van der Waals surface area contributed by atoms with Gasteiger partial charge in [-0.15, -0.1) is 0 Å². The predicted molar refractivity (Wildman–Crippen MR) is 92.8 cm³/mol. The highest BCUT2D eigenvalue weighted by molar-refractivity contribution is 4.89. The van der Waals surface area contributed by atoms with E-state index in [9.17, 15) is 0 Å². The normalized spacial score (nSPS) is 26.4. The van der Waals surface area contributed by atoms with Crippen LogP contribution in [0.3, 0.4) is 0 Å². The maximum atomic E-state index is 6.41. The van der Waals surface area contributed by atoms with E-state index in [1.807, 2.05) is 0 Å². The highest BCUT2D eigenvalue weighted by atomic mass is 16.5. The van der Waals surface area contributed by atoms with Crippen LogP contribution in [-0.2, 0) is 4.74 Å². The molecule has 0 amide bonds. The number of rotatable bonds is 11. The lowest BCUT2D eigenvalue weighted by Crippen LogP contribution is -2.47. The largest absolute Gasteiger partial charge is 0.374 e. The molecule has 0 radical (unpaired) electrons. The summed E-state index contributed by atoms with van der Waals surface area (Å²) in [6, 6.07) is 0.555. The fourth-order valence-corrected chi connectivity index (χ4v) is 3.22. The fourth-order valence-electron chi connectivity index (χ4n) is 3.22. The van der Waals surface area contributed by atoms with Crippen LogP contribution in [-0.4, -0.2) is 24.8 Å². The van der Waals surface area contributed by atoms with Crippen molar-refractivity contribution in [3.63, 3.8) is 0 Å². The monoisotopic (exact) mass is 297 g/mol. The van der Waals surface area contributed by atoms with E-state index in [4.69, 9.17) is 4.74 Å². The van der Waals surface area contributed by atoms with Gasteiger partial charge in [0.2, 0.25) is 0 Å². The van der Waals surface area contributed by atoms with Crippen molar-refractivity contribution in [3.8, 4) is 0 Å². The Morgan fingerprint density at radius 2 is 1.67 bits per heavy atom. The van der Waals surface area contributed by atoms with Crippen LogP contribution in [0.15, 0.2) is 0 Å². The molecule has 0 atom stereocenters. The number of hydrogen-bond acceptors (Lipinski definition) is 2. The van der Waals surface area contributed by atoms with Gasteiger partial charge in [0.25, 0.3) is 0 Å². The first kappa shape index (κ1) is 19.0. The van der Waals surface area contributed by atoms with Crippen LogP contribution in [0.4, 0.5) is 0 Å². The molecule has 1 fully saturated rings. The Balaban J connectivity index is 2.25. The Kier molecular flexibility index (Phi) is 9.59. The van der Waals surface area contributed by atoms with Gasteiger partial charge in [-0.1, -0.05) is 59.8 Å². The highest BCUT2D eigenvalue weighted by Gasteiger charge is 2.34. The van der Waals surface area contributed by atoms with Crippen molar-refractivity contribution < 1.29 is 4.74 Å². The molecule has 126 valence electrons. The molecule has 2 nitrogen and oxygen atoms in total. The molecule has 0 unspecified atom stereocenters. The second-order valence-electron chi connectivity index (χ2n) is 7.52. The Morgan fingerprint density at radius 3 is 2.29 bits per heavy atom. The second-order valence-corrected chi connectivity index (χ2v) is 7.52. The third-order valence-corrected chi connectivity index (χ3v) is 4.92. The third-order valence-electron chi connectivity index (χ3n) is 4.92. The second kappa shape index (κ2) is 10.6. The number of nitrogens with one attached hydrogen (secondary N) is 1. The van der Waals surface area contributed by atoms with Crippen LogP contribution in [0.25, 0.3) is 0 Å². The van der Waals surface area contributed by atoms with Crippen LogP contribution in [0.2, 0.25) is 0 Å². The van der Waals surface area contributed by atoms with Crippen LogP contribution in [0, 0.1) is 5.92 Å². The molecule has 1 aliphatic rings. The van der Waals surface area contributed by atoms with Crippen LogP contribution in [0.1, 0.15) is 91.9 Å². The van der Waals surface area contributed by atoms with E-state index in [2.05, 4.69) is 33.0 Å². The van der Waals surface area contributed by atoms with Crippen LogP contribution < -0.4 is 5.32 Å². The lowest BCUT2D eigenvalue weighted by molar-refractivity contribution is -0.0772. The van der Waals surface area contributed by atoms with Gasteiger partial charge < -0.3 is 10.1 Å². The Morgan fingerprint density at radius 1 is 1.05 bits per heavy atom. The highest BCUT2D eigenvalue weighted by Crippen LogP contribution is 2.34. The van der Waals surface area contributed by atoms with Gasteiger partial charge in [0.15, 0.2) is 0 Å². The van der Waals surface area contributed by atoms with E-state index in [1.165, 1.54) is 64.2 Å². The van der Waals surface area contributed by atoms with Gasteiger partial charge in [0.1, 0.15) is 0 Å². The van der Waals surface area contributed by atoms with Crippen LogP contribution in [0.5, 0.6) is 0 Å². The summed E-state index contributed by atoms with van der Waals surface area (Å²) in [5.74, 6) is 0.884. The molecule has 0 aromatic carbocycles. The molecule has 0 heterocycles. The summed E-state index contributed by atoms with van der Waals surface area (Å²) in [6.45, 7) is 11.1. The van der Waals surface area contributed by atoms with Crippen molar-refractivity contribution in [2.24, 2.45) is 5.92 Å². The smallest absolute Gasteiger partial charge is 0.0806 e. The molecule has 0 aliphatic heterocycles. The van der Waals surface area contributed by atoms with Gasteiger partial charge in [0, 0.05) is 19.2 Å². The van der Waals surface area contributed by atoms with E-state index in [-0.39, 0.29) is 5.60 Å². The molecule has 0 aromatic rings. The lowest BCUT2D eigenvalue weighted by atomic mass is 9.79. The maximum absolute atomic E-state index is 6.41. The molecule has 1 N–H and O–H groups in total. The standard InChI is InChI=1S/C19H39NO/c1-5-6-7-8-9-10-15-21-19(16-20-17(2)3)13-11-18(4)12-14-19/h17-18,20H,5-16H2,1-4H3. The van der Waals surface area contributed by atoms with Gasteiger partial charge in [-0.05, 0) is 38.0 Å². The lowest BCUT2D eigenvalue weighted by Gasteiger charge is -2.40. The van der Waals surface area contributed by atoms with Crippen molar-refractivity contribution in [3.05, 3.63) is 0 Å². The van der Waals surface area contributed by atoms with Gasteiger partial charge in [0.05, 0.1) is 5.60 Å². The van der Waals surface area contributed by atoms with E-state index in [0.717, 1.165) is 19.1 Å². The summed E-state index contributed by atoms with van der Waals surface area (Å²) in [4.78, 5) is 0. The van der Waals surface area contributed by atoms with Gasteiger partial charge in [-0.25, -0.2) is 0 Å². The molecule has 1 saturated carbocycles. The van der Waals surface area contributed by atoms with E-state index < -0.39 is 0 Å². The minimum absolute atomic E-state index is 0.125. The Labute approximate surface area is 133 Å². The molecular weight excluding hydrogens is 258 g/mol. The molecule has 0 aromatic heterocycles. The van der Waals surface area contributed by atoms with Gasteiger partial charge in [-0.2, -0.15) is 0 Å². The van der Waals surface area contributed by atoms with Gasteiger partial charge >= 0.3 is 0 Å². The molecule has 0 spiro atoms. The average Bonchev–Trinajstić information content (AvgIpc) is 2.47. The van der Waals surface area contributed by atoms with Crippen molar-refractivity contribution in [1.82, 2.24) is 5.32 Å². The minimum Gasteiger partial charge on any atom is -0.374 e. The van der Waals surface area contributed by atoms with Crippen molar-refractivity contribution in [1.29, 1.82) is 0 Å². The molecule has 2 heteroatoms. The number of hydrogen-bond donors (Lipinski definition) is 1. The SMILES string of the molecule is CCCCCCCCOC1(CNC(C)C)CCC(C)CC1. The fraction of sp³-hybridized carbons (Fsp3) is 1.00. The molecule has 1 aliphatic carbocycles. The zero-order chi connectivity index (χ0) is 15.6. The molecular formula is C19H39NO. The number of unbranched alkanes of at least 4 members (excludes halogenated alkanes) is 5. The first-order valence-electron chi connectivity index (χ1n) is 9.45. The third kappa shape index (κ3) is 8.21. The zero-order valence-electron chi connectivity index (χ0n) is 15.0. The average molecular weight is 298 g/mol. The van der Waals surface area contributed by atoms with Gasteiger partial charge in [-0.3, -0.25) is 0 Å². The van der Waals surface area contributed by atoms with Crippen molar-refractivity contribution in [2.45, 2.75) is 104 Å². The molecule has 1 rings (SSSR count). The molecule has 21 heavy (non-hydrogen) atoms. The van der Waals surface area contributed by atoms with E-state index in [1.54, 1.807) is 0 Å². The first-order valence-corrected chi connectivity index (χ1v) is 9.45. The summed E-state index contributed by atoms with van der Waals surface area (Å²) in [7, 11) is 0. The summed E-state index contributed by atoms with van der Waals surface area (Å²) in [5, 5.41) is 3.61. The predicted octanol–water partition coefficient (Wildman–Crippen LogP) is 5.31. The maximum Gasteiger partial charge on any atom is 0.0806 e. The number of ether oxygens (including phenoxy) is 1. The molecule has 0 saturated heterocycles. The first-order chi connectivity index (χ1) is 10.1. The summed E-state index contributed by atoms with van der Waals surface area (Å²) in [6.07, 6.45) is 13.2. The topological polar surface area (TPSA) is 21.3 Å². The molecule has 0 bridgehead atoms. The van der Waals surface area contributed by atoms with E-state index in [0.29, 0.717) is 6.04 Å². The Hall–Kier alpha value is -0.0800. The van der Waals surface area contributed by atoms with E-state index >= 15 is 0 Å². The summed E-state index contributed by atoms with van der Waals surface area (Å²) < 4.78 is 6.41. The quantitative estimate of drug-likeness (QED) is 0.522. The van der Waals surface area contributed by atoms with Crippen molar-refractivity contribution >= 4 is 0 Å². The zero-order valence-corrected chi connectivity index (χ0v) is 15.0. The summed E-state index contributed by atoms with van der Waals surface area (Å²) >= 11 is 0.